The number of likely N-dealkylation sites (tertiary alicyclic amines) is 1. The van der Waals surface area contributed by atoms with E-state index in [0.717, 1.165) is 37.5 Å². The second kappa shape index (κ2) is 21.1. The zero-order valence-corrected chi connectivity index (χ0v) is 32.9. The van der Waals surface area contributed by atoms with Crippen LogP contribution in [0.2, 0.25) is 0 Å². The third kappa shape index (κ3) is 15.0. The molecule has 16 nitrogen and oxygen atoms in total. The Bertz CT molecular complexity index is 1550. The molecule has 3 heterocycles. The van der Waals surface area contributed by atoms with Crippen molar-refractivity contribution in [3.8, 4) is 0 Å². The highest BCUT2D eigenvalue weighted by molar-refractivity contribution is 5.91. The maximum atomic E-state index is 12.5. The van der Waals surface area contributed by atoms with Crippen LogP contribution < -0.4 is 5.32 Å². The number of carbonyl (C=O) groups is 5. The van der Waals surface area contributed by atoms with Gasteiger partial charge in [0.15, 0.2) is 0 Å². The number of Topliss-reactive ketones (excluding diaryl/α,β-unsaturated/α-hetero) is 1. The lowest BCUT2D eigenvalue weighted by Crippen LogP contribution is -2.61. The molecule has 2 amide bonds. The van der Waals surface area contributed by atoms with Gasteiger partial charge in [0.05, 0.1) is 18.9 Å². The number of nitrogens with zero attached hydrogens (tertiary/aromatic N) is 5. The fraction of sp³-hybridized carbons (Fsp3) is 0.769. The van der Waals surface area contributed by atoms with Crippen LogP contribution in [-0.2, 0) is 14.3 Å². The molecule has 0 spiro atoms. The molecule has 0 aromatic carbocycles. The quantitative estimate of drug-likeness (QED) is 0.134. The van der Waals surface area contributed by atoms with Gasteiger partial charge in [-0.05, 0) is 45.4 Å². The van der Waals surface area contributed by atoms with Gasteiger partial charge in [0.2, 0.25) is 23.4 Å². The number of aliphatic carboxylic acids is 2. The minimum atomic E-state index is -0.932. The fourth-order valence-corrected chi connectivity index (χ4v) is 7.64. The van der Waals surface area contributed by atoms with Gasteiger partial charge in [-0.25, -0.2) is 4.79 Å². The molecular weight excluding hydrogens is 712 g/mol. The number of carbonyl (C=O) groups excluding carboxylic acids is 3. The lowest BCUT2D eigenvalue weighted by atomic mass is 9.84. The van der Waals surface area contributed by atoms with E-state index in [1.54, 1.807) is 20.8 Å². The van der Waals surface area contributed by atoms with Gasteiger partial charge in [0.25, 0.3) is 11.7 Å². The Morgan fingerprint density at radius 1 is 0.764 bits per heavy atom. The molecule has 3 fully saturated rings. The van der Waals surface area contributed by atoms with E-state index >= 15 is 0 Å². The predicted molar refractivity (Wildman–Crippen MR) is 199 cm³/mol. The average molecular weight is 773 g/mol. The minimum absolute atomic E-state index is 0.0256. The first kappa shape index (κ1) is 43.4. The molecular formula is C39H60N6O10. The maximum Gasteiger partial charge on any atom is 0.410 e. The Morgan fingerprint density at radius 3 is 1.64 bits per heavy atom. The molecule has 306 valence electrons. The number of hydrogen-bond donors (Lipinski definition) is 3. The fourth-order valence-electron chi connectivity index (χ4n) is 7.64. The molecule has 16 heteroatoms. The Labute approximate surface area is 322 Å². The first-order chi connectivity index (χ1) is 26.2. The maximum absolute atomic E-state index is 12.5. The molecule has 0 bridgehead atoms. The molecule has 2 atom stereocenters. The highest BCUT2D eigenvalue weighted by Crippen LogP contribution is 2.32. The van der Waals surface area contributed by atoms with Gasteiger partial charge in [-0.2, -0.15) is 9.97 Å². The molecule has 0 radical (unpaired) electrons. The standard InChI is InChI=1S/C23H36N4O6.C16H24N2O4/c1-23(2,3)32-22(31)27-13-17(14-27)24-20(30)19-25-21(33-26-19)16(12-18(28)29)11-7-10-15-8-5-4-6-9-15;1-11(19)15-17-16(22-18-15)13(10-14(20)21)9-5-8-12-6-3-2-4-7-12/h15-17H,4-14H2,1-3H3,(H,24,30)(H,28,29);12-13H,2-10H2,1H3,(H,20,21)/t16-;13-/m11/s1. The number of amides is 2. The van der Waals surface area contributed by atoms with Crippen molar-refractivity contribution in [1.82, 2.24) is 30.5 Å². The SMILES string of the molecule is CC(=O)c1noc([C@H](CCCC2CCCCC2)CC(=O)O)n1.CC(C)(C)OC(=O)N1CC(NC(=O)c2noc([C@H](CCCC3CCCCC3)CC(=O)O)n2)C1. The predicted octanol–water partition coefficient (Wildman–Crippen LogP) is 7.31. The lowest BCUT2D eigenvalue weighted by Gasteiger charge is -2.39. The summed E-state index contributed by atoms with van der Waals surface area (Å²) in [6.07, 6.45) is 17.8. The molecule has 3 N–H and O–H groups in total. The van der Waals surface area contributed by atoms with Crippen LogP contribution in [0.15, 0.2) is 9.05 Å². The van der Waals surface area contributed by atoms with E-state index in [2.05, 4.69) is 25.6 Å². The topological polar surface area (TPSA) is 228 Å². The van der Waals surface area contributed by atoms with Crippen molar-refractivity contribution in [2.45, 2.75) is 167 Å². The van der Waals surface area contributed by atoms with Gasteiger partial charge < -0.3 is 34.2 Å². The molecule has 0 unspecified atom stereocenters. The summed E-state index contributed by atoms with van der Waals surface area (Å²) in [5.74, 6) is -1.45. The van der Waals surface area contributed by atoms with Crippen molar-refractivity contribution in [3.63, 3.8) is 0 Å². The zero-order valence-electron chi connectivity index (χ0n) is 32.9. The lowest BCUT2D eigenvalue weighted by molar-refractivity contribution is -0.138. The second-order valence-electron chi connectivity index (χ2n) is 16.5. The highest BCUT2D eigenvalue weighted by Gasteiger charge is 2.36. The first-order valence-corrected chi connectivity index (χ1v) is 20.1. The van der Waals surface area contributed by atoms with Crippen LogP contribution >= 0.6 is 0 Å². The Balaban J connectivity index is 0.000000265. The first-order valence-electron chi connectivity index (χ1n) is 20.1. The number of carboxylic acids is 2. The molecule has 55 heavy (non-hydrogen) atoms. The number of ether oxygens (including phenoxy) is 1. The van der Waals surface area contributed by atoms with Crippen molar-refractivity contribution in [3.05, 3.63) is 23.4 Å². The third-order valence-electron chi connectivity index (χ3n) is 10.6. The zero-order chi connectivity index (χ0) is 40.0. The van der Waals surface area contributed by atoms with E-state index in [1.807, 2.05) is 0 Å². The molecule has 2 saturated carbocycles. The third-order valence-corrected chi connectivity index (χ3v) is 10.6. The van der Waals surface area contributed by atoms with Crippen LogP contribution in [0.25, 0.3) is 0 Å². The van der Waals surface area contributed by atoms with E-state index in [0.29, 0.717) is 25.9 Å². The van der Waals surface area contributed by atoms with Crippen molar-refractivity contribution >= 4 is 29.7 Å². The van der Waals surface area contributed by atoms with E-state index < -0.39 is 35.5 Å². The van der Waals surface area contributed by atoms with E-state index in [1.165, 1.54) is 76.0 Å². The highest BCUT2D eigenvalue weighted by atomic mass is 16.6. The summed E-state index contributed by atoms with van der Waals surface area (Å²) in [4.78, 5) is 67.8. The second-order valence-corrected chi connectivity index (χ2v) is 16.5. The van der Waals surface area contributed by atoms with E-state index in [-0.39, 0.29) is 54.0 Å². The number of nitrogens with one attached hydrogen (secondary N) is 1. The van der Waals surface area contributed by atoms with Crippen LogP contribution in [0.4, 0.5) is 4.79 Å². The van der Waals surface area contributed by atoms with Gasteiger partial charge in [-0.15, -0.1) is 0 Å². The van der Waals surface area contributed by atoms with Gasteiger partial charge >= 0.3 is 18.0 Å². The minimum Gasteiger partial charge on any atom is -0.481 e. The van der Waals surface area contributed by atoms with Crippen molar-refractivity contribution in [1.29, 1.82) is 0 Å². The number of aromatic nitrogens is 4. The molecule has 1 saturated heterocycles. The van der Waals surface area contributed by atoms with Crippen LogP contribution in [0.3, 0.4) is 0 Å². The smallest absolute Gasteiger partial charge is 0.410 e. The van der Waals surface area contributed by atoms with Crippen LogP contribution in [0.1, 0.15) is 188 Å². The largest absolute Gasteiger partial charge is 0.481 e. The monoisotopic (exact) mass is 772 g/mol. The Hall–Kier alpha value is -4.37. The number of hydrogen-bond acceptors (Lipinski definition) is 12. The summed E-state index contributed by atoms with van der Waals surface area (Å²) < 4.78 is 15.7. The molecule has 2 aliphatic carbocycles. The van der Waals surface area contributed by atoms with Crippen molar-refractivity contribution in [2.75, 3.05) is 13.1 Å². The van der Waals surface area contributed by atoms with Gasteiger partial charge in [0.1, 0.15) is 5.60 Å². The van der Waals surface area contributed by atoms with Crippen LogP contribution in [-0.4, -0.2) is 89.8 Å². The van der Waals surface area contributed by atoms with Crippen LogP contribution in [0, 0.1) is 11.8 Å². The summed E-state index contributed by atoms with van der Waals surface area (Å²) in [5, 5.41) is 28.5. The summed E-state index contributed by atoms with van der Waals surface area (Å²) >= 11 is 0. The van der Waals surface area contributed by atoms with Gasteiger partial charge in [-0.1, -0.05) is 100 Å². The molecule has 2 aromatic heterocycles. The molecule has 2 aromatic rings. The number of ketones is 1. The molecule has 1 aliphatic heterocycles. The number of rotatable bonds is 17. The average Bonchev–Trinajstić information content (AvgIpc) is 3.81. The Kier molecular flexibility index (Phi) is 16.6. The Morgan fingerprint density at radius 2 is 1.22 bits per heavy atom. The summed E-state index contributed by atoms with van der Waals surface area (Å²) in [7, 11) is 0. The van der Waals surface area contributed by atoms with Crippen molar-refractivity contribution < 1.29 is 48.0 Å². The van der Waals surface area contributed by atoms with Gasteiger partial charge in [0, 0.05) is 31.8 Å². The van der Waals surface area contributed by atoms with Gasteiger partial charge in [-0.3, -0.25) is 19.2 Å². The van der Waals surface area contributed by atoms with E-state index in [4.69, 9.17) is 18.9 Å². The molecule has 3 aliphatic rings. The van der Waals surface area contributed by atoms with Crippen molar-refractivity contribution in [2.24, 2.45) is 11.8 Å². The summed E-state index contributed by atoms with van der Waals surface area (Å²) in [6.45, 7) is 7.44. The summed E-state index contributed by atoms with van der Waals surface area (Å²) in [6, 6.07) is -0.225. The normalized spacial score (nSPS) is 18.0. The van der Waals surface area contributed by atoms with E-state index in [9.17, 15) is 29.1 Å². The number of carboxylic acid groups (broad SMARTS) is 2. The molecule has 5 rings (SSSR count). The summed E-state index contributed by atoms with van der Waals surface area (Å²) in [5.41, 5.74) is -0.574. The van der Waals surface area contributed by atoms with Crippen LogP contribution in [0.5, 0.6) is 0 Å².